The van der Waals surface area contributed by atoms with E-state index < -0.39 is 0 Å². The fourth-order valence-electron chi connectivity index (χ4n) is 2.28. The van der Waals surface area contributed by atoms with Gasteiger partial charge in [0.05, 0.1) is 5.52 Å². The van der Waals surface area contributed by atoms with Gasteiger partial charge >= 0.3 is 0 Å². The molecular formula is C16H23N3O2. The summed E-state index contributed by atoms with van der Waals surface area (Å²) in [7, 11) is 1.66. The molecule has 2 aromatic rings. The lowest BCUT2D eigenvalue weighted by Crippen LogP contribution is -2.25. The average Bonchev–Trinajstić information content (AvgIpc) is 2.82. The Morgan fingerprint density at radius 1 is 1.43 bits per heavy atom. The van der Waals surface area contributed by atoms with Crippen molar-refractivity contribution in [2.45, 2.75) is 26.7 Å². The van der Waals surface area contributed by atoms with E-state index in [1.807, 2.05) is 28.8 Å². The van der Waals surface area contributed by atoms with E-state index in [2.05, 4.69) is 24.1 Å². The number of amides is 1. The Kier molecular flexibility index (Phi) is 5.33. The van der Waals surface area contributed by atoms with Crippen LogP contribution in [0.3, 0.4) is 0 Å². The van der Waals surface area contributed by atoms with Gasteiger partial charge in [0, 0.05) is 32.9 Å². The normalized spacial score (nSPS) is 11.2. The summed E-state index contributed by atoms with van der Waals surface area (Å²) in [5, 5.41) is 2.90. The predicted octanol–water partition coefficient (Wildman–Crippen LogP) is 2.30. The molecule has 0 saturated carbocycles. The van der Waals surface area contributed by atoms with E-state index in [1.54, 1.807) is 7.11 Å². The van der Waals surface area contributed by atoms with E-state index in [0.29, 0.717) is 24.8 Å². The van der Waals surface area contributed by atoms with Gasteiger partial charge in [-0.05, 0) is 24.5 Å². The molecule has 0 unspecified atom stereocenters. The number of methoxy groups -OCH3 is 1. The molecule has 0 atom stereocenters. The minimum Gasteiger partial charge on any atom is -0.385 e. The number of pyridine rings is 1. The molecule has 5 nitrogen and oxygen atoms in total. The van der Waals surface area contributed by atoms with Crippen LogP contribution in [0.25, 0.3) is 5.52 Å². The van der Waals surface area contributed by atoms with Crippen LogP contribution in [0.1, 0.15) is 36.6 Å². The van der Waals surface area contributed by atoms with Gasteiger partial charge in [0.25, 0.3) is 5.91 Å². The van der Waals surface area contributed by atoms with Crippen LogP contribution in [0, 0.1) is 5.92 Å². The van der Waals surface area contributed by atoms with Crippen LogP contribution in [0.15, 0.2) is 24.4 Å². The lowest BCUT2D eigenvalue weighted by atomic mass is 10.1. The van der Waals surface area contributed by atoms with E-state index in [0.717, 1.165) is 24.2 Å². The van der Waals surface area contributed by atoms with Gasteiger partial charge in [-0.2, -0.15) is 0 Å². The second-order valence-corrected chi connectivity index (χ2v) is 5.53. The maximum absolute atomic E-state index is 12.3. The molecule has 114 valence electrons. The van der Waals surface area contributed by atoms with Crippen molar-refractivity contribution in [1.29, 1.82) is 0 Å². The summed E-state index contributed by atoms with van der Waals surface area (Å²) in [6.07, 6.45) is 3.61. The summed E-state index contributed by atoms with van der Waals surface area (Å²) in [5.41, 5.74) is 1.36. The second-order valence-electron chi connectivity index (χ2n) is 5.53. The van der Waals surface area contributed by atoms with Crippen molar-refractivity contribution >= 4 is 11.4 Å². The number of aromatic nitrogens is 2. The minimum absolute atomic E-state index is 0.121. The van der Waals surface area contributed by atoms with Crippen LogP contribution < -0.4 is 5.32 Å². The van der Waals surface area contributed by atoms with Gasteiger partial charge in [-0.25, -0.2) is 4.98 Å². The zero-order valence-corrected chi connectivity index (χ0v) is 12.9. The highest BCUT2D eigenvalue weighted by atomic mass is 16.5. The molecule has 0 aliphatic rings. The molecule has 0 fully saturated rings. The predicted molar refractivity (Wildman–Crippen MR) is 82.6 cm³/mol. The molecule has 0 saturated heterocycles. The third-order valence-corrected chi connectivity index (χ3v) is 3.24. The molecule has 0 aliphatic carbocycles. The average molecular weight is 289 g/mol. The summed E-state index contributed by atoms with van der Waals surface area (Å²) in [6.45, 7) is 5.53. The molecule has 1 N–H and O–H groups in total. The second kappa shape index (κ2) is 7.22. The van der Waals surface area contributed by atoms with Crippen LogP contribution in [0.4, 0.5) is 0 Å². The number of fused-ring (bicyclic) bond motifs is 1. The molecule has 5 heteroatoms. The number of carbonyl (C=O) groups is 1. The topological polar surface area (TPSA) is 55.6 Å². The van der Waals surface area contributed by atoms with E-state index in [1.165, 1.54) is 0 Å². The quantitative estimate of drug-likeness (QED) is 0.796. The van der Waals surface area contributed by atoms with Gasteiger partial charge in [0.1, 0.15) is 5.82 Å². The molecular weight excluding hydrogens is 266 g/mol. The number of rotatable bonds is 7. The Labute approximate surface area is 125 Å². The maximum Gasteiger partial charge on any atom is 0.272 e. The number of nitrogens with zero attached hydrogens (tertiary/aromatic N) is 2. The van der Waals surface area contributed by atoms with E-state index in [-0.39, 0.29) is 5.91 Å². The molecule has 0 aromatic carbocycles. The summed E-state index contributed by atoms with van der Waals surface area (Å²) in [6, 6.07) is 5.82. The highest BCUT2D eigenvalue weighted by molar-refractivity contribution is 5.99. The van der Waals surface area contributed by atoms with Crippen molar-refractivity contribution in [3.63, 3.8) is 0 Å². The van der Waals surface area contributed by atoms with E-state index >= 15 is 0 Å². The Bertz CT molecular complexity index is 605. The van der Waals surface area contributed by atoms with Crippen molar-refractivity contribution in [2.24, 2.45) is 5.92 Å². The number of hydrogen-bond acceptors (Lipinski definition) is 3. The monoisotopic (exact) mass is 289 g/mol. The van der Waals surface area contributed by atoms with E-state index in [9.17, 15) is 4.79 Å². The molecule has 2 heterocycles. The van der Waals surface area contributed by atoms with Gasteiger partial charge in [0.15, 0.2) is 5.69 Å². The smallest absolute Gasteiger partial charge is 0.272 e. The fraction of sp³-hybridized carbons (Fsp3) is 0.500. The van der Waals surface area contributed by atoms with E-state index in [4.69, 9.17) is 4.74 Å². The minimum atomic E-state index is -0.121. The van der Waals surface area contributed by atoms with Crippen LogP contribution in [-0.2, 0) is 11.2 Å². The number of imidazole rings is 1. The van der Waals surface area contributed by atoms with Gasteiger partial charge in [-0.3, -0.25) is 4.79 Å². The summed E-state index contributed by atoms with van der Waals surface area (Å²) >= 11 is 0. The van der Waals surface area contributed by atoms with Crippen molar-refractivity contribution in [2.75, 3.05) is 20.3 Å². The molecule has 0 radical (unpaired) electrons. The summed E-state index contributed by atoms with van der Waals surface area (Å²) < 4.78 is 6.98. The Morgan fingerprint density at radius 3 is 2.95 bits per heavy atom. The Hall–Kier alpha value is -1.88. The highest BCUT2D eigenvalue weighted by Gasteiger charge is 2.17. The number of ether oxygens (including phenoxy) is 1. The summed E-state index contributed by atoms with van der Waals surface area (Å²) in [5.74, 6) is 1.31. The van der Waals surface area contributed by atoms with Crippen molar-refractivity contribution in [3.05, 3.63) is 35.9 Å². The molecule has 0 spiro atoms. The third kappa shape index (κ3) is 3.82. The number of nitrogens with one attached hydrogen (secondary N) is 1. The Morgan fingerprint density at radius 2 is 2.24 bits per heavy atom. The van der Waals surface area contributed by atoms with Crippen molar-refractivity contribution in [3.8, 4) is 0 Å². The van der Waals surface area contributed by atoms with Gasteiger partial charge in [0.2, 0.25) is 0 Å². The van der Waals surface area contributed by atoms with Crippen molar-refractivity contribution < 1.29 is 9.53 Å². The largest absolute Gasteiger partial charge is 0.385 e. The molecule has 0 bridgehead atoms. The third-order valence-electron chi connectivity index (χ3n) is 3.24. The zero-order valence-electron chi connectivity index (χ0n) is 12.9. The van der Waals surface area contributed by atoms with Gasteiger partial charge < -0.3 is 14.5 Å². The SMILES string of the molecule is COCCCNC(=O)c1nc(CC(C)C)n2ccccc12. The van der Waals surface area contributed by atoms with Crippen LogP contribution in [0.5, 0.6) is 0 Å². The van der Waals surface area contributed by atoms with Crippen molar-refractivity contribution in [1.82, 2.24) is 14.7 Å². The maximum atomic E-state index is 12.3. The lowest BCUT2D eigenvalue weighted by Gasteiger charge is -2.03. The first-order chi connectivity index (χ1) is 10.1. The first kappa shape index (κ1) is 15.5. The molecule has 21 heavy (non-hydrogen) atoms. The first-order valence-electron chi connectivity index (χ1n) is 7.36. The van der Waals surface area contributed by atoms with Crippen LogP contribution in [-0.4, -0.2) is 35.6 Å². The molecule has 1 amide bonds. The molecule has 2 aromatic heterocycles. The Balaban J connectivity index is 2.20. The number of carbonyl (C=O) groups excluding carboxylic acids is 1. The first-order valence-corrected chi connectivity index (χ1v) is 7.36. The van der Waals surface area contributed by atoms with Gasteiger partial charge in [-0.1, -0.05) is 19.9 Å². The molecule has 0 aliphatic heterocycles. The summed E-state index contributed by atoms with van der Waals surface area (Å²) in [4.78, 5) is 16.8. The lowest BCUT2D eigenvalue weighted by molar-refractivity contribution is 0.0945. The zero-order chi connectivity index (χ0) is 15.2. The van der Waals surface area contributed by atoms with Crippen LogP contribution >= 0.6 is 0 Å². The fourth-order valence-corrected chi connectivity index (χ4v) is 2.28. The highest BCUT2D eigenvalue weighted by Crippen LogP contribution is 2.15. The number of hydrogen-bond donors (Lipinski definition) is 1. The molecule has 2 rings (SSSR count). The van der Waals surface area contributed by atoms with Crippen LogP contribution in [0.2, 0.25) is 0 Å². The van der Waals surface area contributed by atoms with Gasteiger partial charge in [-0.15, -0.1) is 0 Å². The standard InChI is InChI=1S/C16H23N3O2/c1-12(2)11-14-18-15(13-7-4-5-9-19(13)14)16(20)17-8-6-10-21-3/h4-5,7,9,12H,6,8,10-11H2,1-3H3,(H,17,20).